The molecule has 0 bridgehead atoms. The third-order valence-electron chi connectivity index (χ3n) is 4.55. The molecule has 0 heterocycles. The lowest BCUT2D eigenvalue weighted by Gasteiger charge is -2.06. The Labute approximate surface area is 167 Å². The van der Waals surface area contributed by atoms with Crippen LogP contribution in [0.4, 0.5) is 0 Å². The van der Waals surface area contributed by atoms with Gasteiger partial charge in [0, 0.05) is 29.3 Å². The molecule has 132 valence electrons. The summed E-state index contributed by atoms with van der Waals surface area (Å²) in [5.74, 6) is 0. The first-order chi connectivity index (χ1) is 13.9. The van der Waals surface area contributed by atoms with Gasteiger partial charge in [0.1, 0.15) is 16.7 Å². The molecule has 1 aliphatic rings. The summed E-state index contributed by atoms with van der Waals surface area (Å²) in [5.41, 5.74) is 10.1. The van der Waals surface area contributed by atoms with Crippen molar-refractivity contribution >= 4 is 11.1 Å². The molecule has 3 aromatic carbocycles. The number of hydrogen-bond donors (Lipinski definition) is 0. The van der Waals surface area contributed by atoms with Crippen molar-refractivity contribution < 1.29 is 0 Å². The molecule has 1 aliphatic carbocycles. The Balaban J connectivity index is 1.98. The van der Waals surface area contributed by atoms with Crippen LogP contribution < -0.4 is 0 Å². The van der Waals surface area contributed by atoms with Gasteiger partial charge in [0.05, 0.1) is 5.56 Å². The molecule has 0 heteroatoms. The molecule has 0 spiro atoms. The number of benzene rings is 3. The van der Waals surface area contributed by atoms with Crippen LogP contribution in [-0.2, 0) is 0 Å². The van der Waals surface area contributed by atoms with Crippen LogP contribution in [0, 0.1) is 6.08 Å². The van der Waals surface area contributed by atoms with Gasteiger partial charge in [-0.05, 0) is 48.9 Å². The monoisotopic (exact) mass is 357 g/mol. The average Bonchev–Trinajstić information content (AvgIpc) is 2.79. The highest BCUT2D eigenvalue weighted by molar-refractivity contribution is 6.04. The largest absolute Gasteiger partial charge is 0.145 e. The van der Waals surface area contributed by atoms with Crippen LogP contribution in [0.3, 0.4) is 0 Å². The van der Waals surface area contributed by atoms with Crippen molar-refractivity contribution in [2.45, 2.75) is 6.42 Å². The zero-order valence-electron chi connectivity index (χ0n) is 15.7. The van der Waals surface area contributed by atoms with Crippen molar-refractivity contribution in [1.82, 2.24) is 0 Å². The van der Waals surface area contributed by atoms with Crippen LogP contribution in [0.15, 0.2) is 127 Å². The van der Waals surface area contributed by atoms with E-state index < -0.39 is 0 Å². The van der Waals surface area contributed by atoms with Crippen molar-refractivity contribution in [2.75, 3.05) is 0 Å². The van der Waals surface area contributed by atoms with Gasteiger partial charge in [-0.1, -0.05) is 66.4 Å². The molecule has 0 saturated heterocycles. The molecule has 0 saturated carbocycles. The minimum atomic E-state index is 0.976. The van der Waals surface area contributed by atoms with E-state index in [-0.39, 0.29) is 0 Å². The van der Waals surface area contributed by atoms with E-state index in [1.807, 2.05) is 30.3 Å². The first-order valence-electron chi connectivity index (χ1n) is 9.54. The van der Waals surface area contributed by atoms with Gasteiger partial charge in [-0.3, -0.25) is 0 Å². The van der Waals surface area contributed by atoms with Crippen molar-refractivity contribution in [3.63, 3.8) is 0 Å². The summed E-state index contributed by atoms with van der Waals surface area (Å²) in [5, 5.41) is 0. The zero-order chi connectivity index (χ0) is 19.0. The van der Waals surface area contributed by atoms with Crippen molar-refractivity contribution in [3.8, 4) is 0 Å². The summed E-state index contributed by atoms with van der Waals surface area (Å²) in [6, 6.07) is 31.2. The van der Waals surface area contributed by atoms with E-state index in [2.05, 4.69) is 96.8 Å². The minimum absolute atomic E-state index is 0.976. The van der Waals surface area contributed by atoms with Crippen LogP contribution in [0.25, 0.3) is 11.1 Å². The Kier molecular flexibility index (Phi) is 5.57. The van der Waals surface area contributed by atoms with Gasteiger partial charge in [0.25, 0.3) is 0 Å². The molecule has 0 aliphatic heterocycles. The van der Waals surface area contributed by atoms with Gasteiger partial charge in [0.15, 0.2) is 0 Å². The van der Waals surface area contributed by atoms with E-state index in [9.17, 15) is 0 Å². The van der Waals surface area contributed by atoms with E-state index in [0.717, 1.165) is 39.8 Å². The fraction of sp³-hybridized carbons (Fsp3) is 0.0357. The van der Waals surface area contributed by atoms with Crippen LogP contribution in [0.2, 0.25) is 0 Å². The van der Waals surface area contributed by atoms with Gasteiger partial charge in [0.2, 0.25) is 0 Å². The smallest absolute Gasteiger partial charge is 0.0795 e. The van der Waals surface area contributed by atoms with E-state index in [4.69, 9.17) is 0 Å². The molecular weight excluding hydrogens is 336 g/mol. The maximum Gasteiger partial charge on any atom is 0.145 e. The fourth-order valence-electron chi connectivity index (χ4n) is 3.19. The maximum atomic E-state index is 3.65. The van der Waals surface area contributed by atoms with Crippen LogP contribution >= 0.6 is 0 Å². The summed E-state index contributed by atoms with van der Waals surface area (Å²) in [6.07, 6.45) is 13.2. The Hall–Kier alpha value is -3.69. The lowest BCUT2D eigenvalue weighted by Crippen LogP contribution is -1.92. The topological polar surface area (TPSA) is 0 Å². The quantitative estimate of drug-likeness (QED) is 0.203. The SMILES string of the molecule is C(=C1C=CCC=C1)=C(C(=[C+]c1ccccc1)c1ccccc1)c1ccccc1. The van der Waals surface area contributed by atoms with Crippen molar-refractivity contribution in [3.05, 3.63) is 149 Å². The molecule has 0 N–H and O–H groups in total. The predicted molar refractivity (Wildman–Crippen MR) is 118 cm³/mol. The second kappa shape index (κ2) is 8.80. The van der Waals surface area contributed by atoms with Crippen molar-refractivity contribution in [2.24, 2.45) is 0 Å². The second-order valence-electron chi connectivity index (χ2n) is 6.59. The Morgan fingerprint density at radius 2 is 1.18 bits per heavy atom. The number of allylic oxidation sites excluding steroid dienone is 6. The van der Waals surface area contributed by atoms with Gasteiger partial charge in [-0.2, -0.15) is 0 Å². The molecule has 28 heavy (non-hydrogen) atoms. The van der Waals surface area contributed by atoms with Gasteiger partial charge < -0.3 is 0 Å². The van der Waals surface area contributed by atoms with Crippen LogP contribution in [0.1, 0.15) is 23.1 Å². The molecular formula is C28H21+. The summed E-state index contributed by atoms with van der Waals surface area (Å²) in [4.78, 5) is 0. The van der Waals surface area contributed by atoms with Crippen LogP contribution in [0.5, 0.6) is 0 Å². The van der Waals surface area contributed by atoms with E-state index in [0.29, 0.717) is 0 Å². The van der Waals surface area contributed by atoms with Crippen molar-refractivity contribution in [1.29, 1.82) is 0 Å². The van der Waals surface area contributed by atoms with Crippen LogP contribution in [-0.4, -0.2) is 0 Å². The Morgan fingerprint density at radius 3 is 1.79 bits per heavy atom. The molecule has 0 atom stereocenters. The van der Waals surface area contributed by atoms with Gasteiger partial charge >= 0.3 is 0 Å². The highest BCUT2D eigenvalue weighted by Gasteiger charge is 2.18. The molecule has 0 radical (unpaired) electrons. The van der Waals surface area contributed by atoms with Gasteiger partial charge in [-0.15, -0.1) is 0 Å². The molecule has 0 fully saturated rings. The van der Waals surface area contributed by atoms with E-state index in [1.54, 1.807) is 0 Å². The third-order valence-corrected chi connectivity index (χ3v) is 4.55. The molecule has 0 unspecified atom stereocenters. The Morgan fingerprint density at radius 1 is 0.643 bits per heavy atom. The lowest BCUT2D eigenvalue weighted by molar-refractivity contribution is 1.34. The molecule has 0 aromatic heterocycles. The summed E-state index contributed by atoms with van der Waals surface area (Å²) in [6.45, 7) is 0. The highest BCUT2D eigenvalue weighted by Crippen LogP contribution is 2.32. The minimum Gasteiger partial charge on any atom is -0.0795 e. The lowest BCUT2D eigenvalue weighted by atomic mass is 9.90. The first-order valence-corrected chi connectivity index (χ1v) is 9.54. The normalized spacial score (nSPS) is 13.0. The highest BCUT2D eigenvalue weighted by atomic mass is 14.1. The summed E-state index contributed by atoms with van der Waals surface area (Å²) < 4.78 is 0. The van der Waals surface area contributed by atoms with E-state index in [1.165, 1.54) is 0 Å². The molecule has 0 amide bonds. The standard InChI is InChI=1S/C28H21/c1-5-13-23(14-6-1)21-27(25-17-9-3-10-18-25)28(26-19-11-4-12-20-26)22-24-15-7-2-8-16-24/h1,3-20H,2H2/q+1. The molecule has 3 aromatic rings. The number of rotatable bonds is 4. The molecule has 4 rings (SSSR count). The fourth-order valence-corrected chi connectivity index (χ4v) is 3.19. The predicted octanol–water partition coefficient (Wildman–Crippen LogP) is 7.05. The Bertz CT molecular complexity index is 1060. The summed E-state index contributed by atoms with van der Waals surface area (Å²) in [7, 11) is 0. The first kappa shape index (κ1) is 17.7. The van der Waals surface area contributed by atoms with E-state index >= 15 is 0 Å². The second-order valence-corrected chi connectivity index (χ2v) is 6.59. The molecule has 0 nitrogen and oxygen atoms in total. The van der Waals surface area contributed by atoms with Gasteiger partial charge in [-0.25, -0.2) is 0 Å². The average molecular weight is 357 g/mol. The summed E-state index contributed by atoms with van der Waals surface area (Å²) >= 11 is 0. The zero-order valence-corrected chi connectivity index (χ0v) is 15.7. The number of hydrogen-bond acceptors (Lipinski definition) is 0. The third kappa shape index (κ3) is 4.34. The maximum absolute atomic E-state index is 3.65.